The first-order valence-electron chi connectivity index (χ1n) is 11.9. The van der Waals surface area contributed by atoms with Gasteiger partial charge in [0.15, 0.2) is 5.76 Å². The second kappa shape index (κ2) is 6.82. The lowest BCUT2D eigenvalue weighted by Gasteiger charge is -2.49. The first-order chi connectivity index (χ1) is 14.9. The molecular formula is C24H32N2O5. The van der Waals surface area contributed by atoms with Crippen molar-refractivity contribution < 1.29 is 23.5 Å². The number of rotatable bonds is 3. The smallest absolute Gasteiger partial charge is 0.311 e. The molecule has 1 amide bonds. The molecule has 6 rings (SSSR count). The summed E-state index contributed by atoms with van der Waals surface area (Å²) in [5.41, 5.74) is 0.0797. The van der Waals surface area contributed by atoms with Crippen molar-refractivity contribution in [3.8, 4) is 0 Å². The van der Waals surface area contributed by atoms with Gasteiger partial charge < -0.3 is 18.8 Å². The molecule has 3 aliphatic heterocycles. The summed E-state index contributed by atoms with van der Waals surface area (Å²) in [6, 6.07) is 3.44. The van der Waals surface area contributed by atoms with Gasteiger partial charge in [0.1, 0.15) is 11.7 Å². The van der Waals surface area contributed by atoms with E-state index in [0.29, 0.717) is 31.3 Å². The molecule has 7 heteroatoms. The van der Waals surface area contributed by atoms with Gasteiger partial charge >= 0.3 is 5.97 Å². The zero-order chi connectivity index (χ0) is 21.4. The Hall–Kier alpha value is -1.86. The van der Waals surface area contributed by atoms with E-state index in [-0.39, 0.29) is 46.9 Å². The Labute approximate surface area is 183 Å². The molecule has 7 nitrogen and oxygen atoms in total. The van der Waals surface area contributed by atoms with Crippen LogP contribution < -0.4 is 0 Å². The first kappa shape index (κ1) is 19.8. The Balaban J connectivity index is 1.13. The molecular weight excluding hydrogens is 396 g/mol. The highest BCUT2D eigenvalue weighted by Gasteiger charge is 2.78. The molecule has 1 aromatic heterocycles. The average Bonchev–Trinajstić information content (AvgIpc) is 3.13. The normalized spacial score (nSPS) is 44.3. The lowest BCUT2D eigenvalue weighted by molar-refractivity contribution is -0.146. The summed E-state index contributed by atoms with van der Waals surface area (Å²) in [7, 11) is 0. The summed E-state index contributed by atoms with van der Waals surface area (Å²) in [6.45, 7) is 8.21. The molecule has 4 heterocycles. The number of ether oxygens (including phenoxy) is 2. The van der Waals surface area contributed by atoms with Crippen molar-refractivity contribution in [3.05, 3.63) is 24.2 Å². The summed E-state index contributed by atoms with van der Waals surface area (Å²) in [5.74, 6) is 0.869. The second-order valence-corrected chi connectivity index (χ2v) is 10.6. The molecule has 1 aromatic rings. The fourth-order valence-corrected chi connectivity index (χ4v) is 7.41. The Morgan fingerprint density at radius 2 is 2.06 bits per heavy atom. The monoisotopic (exact) mass is 428 g/mol. The molecule has 168 valence electrons. The number of nitrogens with zero attached hydrogens (tertiary/aromatic N) is 2. The number of epoxide rings is 1. The molecule has 5 aliphatic rings. The molecule has 2 saturated carbocycles. The fourth-order valence-electron chi connectivity index (χ4n) is 7.41. The molecule has 2 aliphatic carbocycles. The number of esters is 1. The van der Waals surface area contributed by atoms with Crippen LogP contribution in [0.5, 0.6) is 0 Å². The maximum Gasteiger partial charge on any atom is 0.311 e. The molecule has 31 heavy (non-hydrogen) atoms. The van der Waals surface area contributed by atoms with Crippen LogP contribution >= 0.6 is 0 Å². The van der Waals surface area contributed by atoms with Crippen molar-refractivity contribution in [2.24, 2.45) is 23.2 Å². The van der Waals surface area contributed by atoms with E-state index in [0.717, 1.165) is 19.5 Å². The zero-order valence-electron chi connectivity index (χ0n) is 18.4. The van der Waals surface area contributed by atoms with Crippen LogP contribution in [0, 0.1) is 23.2 Å². The molecule has 0 bridgehead atoms. The molecule has 0 aromatic carbocycles. The molecule has 3 saturated heterocycles. The second-order valence-electron chi connectivity index (χ2n) is 10.6. The van der Waals surface area contributed by atoms with Crippen molar-refractivity contribution >= 4 is 11.9 Å². The minimum absolute atomic E-state index is 0.00440. The third kappa shape index (κ3) is 2.78. The van der Waals surface area contributed by atoms with Gasteiger partial charge in [-0.2, -0.15) is 0 Å². The van der Waals surface area contributed by atoms with Gasteiger partial charge in [-0.05, 0) is 37.3 Å². The molecule has 7 unspecified atom stereocenters. The van der Waals surface area contributed by atoms with Gasteiger partial charge in [-0.1, -0.05) is 20.3 Å². The van der Waals surface area contributed by atoms with E-state index in [2.05, 4.69) is 18.7 Å². The summed E-state index contributed by atoms with van der Waals surface area (Å²) in [5, 5.41) is 0. The van der Waals surface area contributed by atoms with Crippen LogP contribution in [0.2, 0.25) is 0 Å². The van der Waals surface area contributed by atoms with Crippen LogP contribution in [-0.4, -0.2) is 72.2 Å². The van der Waals surface area contributed by atoms with E-state index in [1.165, 1.54) is 25.5 Å². The quantitative estimate of drug-likeness (QED) is 0.544. The SMILES string of the molecule is CC1CCCC2(C)CC3OC(=O)C(CN4CCN(C(=O)c5ccco5)CC4)C3C3OC132. The van der Waals surface area contributed by atoms with Gasteiger partial charge in [-0.15, -0.1) is 0 Å². The minimum Gasteiger partial charge on any atom is -0.462 e. The Kier molecular flexibility index (Phi) is 4.35. The lowest BCUT2D eigenvalue weighted by Crippen LogP contribution is -2.55. The predicted molar refractivity (Wildman–Crippen MR) is 111 cm³/mol. The minimum atomic E-state index is -0.125. The summed E-state index contributed by atoms with van der Waals surface area (Å²) >= 11 is 0. The Morgan fingerprint density at radius 1 is 1.26 bits per heavy atom. The molecule has 7 atom stereocenters. The van der Waals surface area contributed by atoms with Gasteiger partial charge in [0.05, 0.1) is 18.3 Å². The number of furan rings is 1. The van der Waals surface area contributed by atoms with Crippen LogP contribution in [0.3, 0.4) is 0 Å². The largest absolute Gasteiger partial charge is 0.462 e. The van der Waals surface area contributed by atoms with E-state index in [1.54, 1.807) is 12.1 Å². The molecule has 0 radical (unpaired) electrons. The first-order valence-corrected chi connectivity index (χ1v) is 11.9. The van der Waals surface area contributed by atoms with Gasteiger partial charge in [0.2, 0.25) is 0 Å². The highest BCUT2D eigenvalue weighted by Crippen LogP contribution is 2.70. The van der Waals surface area contributed by atoms with Crippen molar-refractivity contribution in [3.63, 3.8) is 0 Å². The van der Waals surface area contributed by atoms with Gasteiger partial charge in [-0.3, -0.25) is 14.5 Å². The lowest BCUT2D eigenvalue weighted by atomic mass is 9.53. The number of hydrogen-bond donors (Lipinski definition) is 0. The van der Waals surface area contributed by atoms with Crippen molar-refractivity contribution in [2.75, 3.05) is 32.7 Å². The van der Waals surface area contributed by atoms with Crippen LogP contribution in [0.1, 0.15) is 50.1 Å². The number of hydrogen-bond acceptors (Lipinski definition) is 6. The zero-order valence-corrected chi connectivity index (χ0v) is 18.4. The Morgan fingerprint density at radius 3 is 2.81 bits per heavy atom. The number of amides is 1. The average molecular weight is 429 g/mol. The predicted octanol–water partition coefficient (Wildman–Crippen LogP) is 2.56. The summed E-state index contributed by atoms with van der Waals surface area (Å²) in [4.78, 5) is 29.6. The standard InChI is InChI=1S/C24H32N2O5/c1-15-5-3-7-23(2)13-18-19(20-24(15,23)31-20)16(22(28)30-18)14-25-8-10-26(11-9-25)21(27)17-6-4-12-29-17/h4,6,12,15-16,18-20H,3,5,7-11,13-14H2,1-2H3. The van der Waals surface area contributed by atoms with Gasteiger partial charge in [0, 0.05) is 44.1 Å². The van der Waals surface area contributed by atoms with E-state index in [4.69, 9.17) is 13.9 Å². The number of carbonyl (C=O) groups excluding carboxylic acids is 2. The van der Waals surface area contributed by atoms with Crippen LogP contribution in [0.15, 0.2) is 22.8 Å². The van der Waals surface area contributed by atoms with E-state index in [9.17, 15) is 9.59 Å². The van der Waals surface area contributed by atoms with Gasteiger partial charge in [0.25, 0.3) is 5.91 Å². The van der Waals surface area contributed by atoms with E-state index in [1.807, 2.05) is 4.90 Å². The number of carbonyl (C=O) groups is 2. The van der Waals surface area contributed by atoms with Crippen molar-refractivity contribution in [1.29, 1.82) is 0 Å². The topological polar surface area (TPSA) is 75.5 Å². The third-order valence-electron chi connectivity index (χ3n) is 9.04. The van der Waals surface area contributed by atoms with E-state index >= 15 is 0 Å². The summed E-state index contributed by atoms with van der Waals surface area (Å²) in [6.07, 6.45) is 6.25. The maximum atomic E-state index is 12.9. The van der Waals surface area contributed by atoms with Crippen LogP contribution in [0.25, 0.3) is 0 Å². The van der Waals surface area contributed by atoms with Gasteiger partial charge in [-0.25, -0.2) is 0 Å². The molecule has 1 spiro atoms. The van der Waals surface area contributed by atoms with E-state index < -0.39 is 0 Å². The van der Waals surface area contributed by atoms with Crippen LogP contribution in [-0.2, 0) is 14.3 Å². The molecule has 5 fully saturated rings. The summed E-state index contributed by atoms with van der Waals surface area (Å²) < 4.78 is 17.7. The highest BCUT2D eigenvalue weighted by atomic mass is 16.6. The Bertz CT molecular complexity index is 879. The van der Waals surface area contributed by atoms with Crippen molar-refractivity contribution in [1.82, 2.24) is 9.80 Å². The molecule has 0 N–H and O–H groups in total. The maximum absolute atomic E-state index is 12.9. The number of piperazine rings is 1. The van der Waals surface area contributed by atoms with Crippen molar-refractivity contribution in [2.45, 2.75) is 57.3 Å². The van der Waals surface area contributed by atoms with Crippen LogP contribution in [0.4, 0.5) is 0 Å². The third-order valence-corrected chi connectivity index (χ3v) is 9.04. The number of fused-ring (bicyclic) bond motifs is 2. The fraction of sp³-hybridized carbons (Fsp3) is 0.750. The highest BCUT2D eigenvalue weighted by molar-refractivity contribution is 5.91.